The second kappa shape index (κ2) is 6.89. The van der Waals surface area contributed by atoms with Crippen LogP contribution in [-0.4, -0.2) is 0 Å². The molecule has 88 valence electrons. The molecule has 0 aliphatic rings. The first kappa shape index (κ1) is 14.5. The quantitative estimate of drug-likeness (QED) is 0.699. The molecule has 0 rings (SSSR count). The molecule has 0 heterocycles. The molecule has 2 N–H and O–H groups in total. The predicted molar refractivity (Wildman–Crippen MR) is 74.0 cm³/mol. The molecule has 0 fully saturated rings. The zero-order chi connectivity index (χ0) is 12.7. The van der Waals surface area contributed by atoms with Gasteiger partial charge in [0, 0.05) is 0 Å². The number of allylic oxidation sites excluding steroid dienone is 8. The topological polar surface area (TPSA) is 26.0 Å². The van der Waals surface area contributed by atoms with E-state index in [9.17, 15) is 0 Å². The van der Waals surface area contributed by atoms with Gasteiger partial charge in [-0.25, -0.2) is 0 Å². The van der Waals surface area contributed by atoms with Crippen LogP contribution in [0.3, 0.4) is 0 Å². The van der Waals surface area contributed by atoms with Crippen molar-refractivity contribution in [3.63, 3.8) is 0 Å². The minimum atomic E-state index is 1.03. The molecule has 16 heavy (non-hydrogen) atoms. The first-order valence-corrected chi connectivity index (χ1v) is 5.50. The molecule has 0 spiro atoms. The SMILES string of the molecule is C=C(/C(C)=C(/C)C=C(C)C)C(/C=C\N)=C/C. The summed E-state index contributed by atoms with van der Waals surface area (Å²) < 4.78 is 0. The van der Waals surface area contributed by atoms with Crippen LogP contribution in [0.1, 0.15) is 34.6 Å². The summed E-state index contributed by atoms with van der Waals surface area (Å²) in [6.45, 7) is 14.5. The first-order valence-electron chi connectivity index (χ1n) is 5.50. The normalized spacial score (nSPS) is 13.7. The van der Waals surface area contributed by atoms with E-state index in [0.717, 1.165) is 11.1 Å². The van der Waals surface area contributed by atoms with Crippen molar-refractivity contribution in [2.24, 2.45) is 5.73 Å². The molecule has 0 unspecified atom stereocenters. The summed E-state index contributed by atoms with van der Waals surface area (Å²) in [5.74, 6) is 0. The molecule has 0 aliphatic carbocycles. The van der Waals surface area contributed by atoms with Gasteiger partial charge in [0.2, 0.25) is 0 Å². The van der Waals surface area contributed by atoms with Crippen molar-refractivity contribution in [2.45, 2.75) is 34.6 Å². The third-order valence-corrected chi connectivity index (χ3v) is 2.48. The summed E-state index contributed by atoms with van der Waals surface area (Å²) >= 11 is 0. The van der Waals surface area contributed by atoms with Crippen LogP contribution in [0.2, 0.25) is 0 Å². The molecule has 0 aromatic rings. The average Bonchev–Trinajstić information content (AvgIpc) is 2.22. The monoisotopic (exact) mass is 217 g/mol. The average molecular weight is 217 g/mol. The molecular formula is C15H23N. The molecule has 1 nitrogen and oxygen atoms in total. The van der Waals surface area contributed by atoms with E-state index >= 15 is 0 Å². The van der Waals surface area contributed by atoms with Gasteiger partial charge >= 0.3 is 0 Å². The number of hydrogen-bond donors (Lipinski definition) is 1. The second-order valence-corrected chi connectivity index (χ2v) is 4.11. The molecule has 0 saturated heterocycles. The van der Waals surface area contributed by atoms with Crippen LogP contribution < -0.4 is 5.73 Å². The Bertz CT molecular complexity index is 372. The van der Waals surface area contributed by atoms with Crippen molar-refractivity contribution < 1.29 is 0 Å². The Morgan fingerprint density at radius 1 is 1.12 bits per heavy atom. The zero-order valence-electron chi connectivity index (χ0n) is 11.1. The van der Waals surface area contributed by atoms with Gasteiger partial charge < -0.3 is 5.73 Å². The first-order chi connectivity index (χ1) is 7.43. The molecule has 0 amide bonds. The van der Waals surface area contributed by atoms with Crippen molar-refractivity contribution in [1.82, 2.24) is 0 Å². The third-order valence-electron chi connectivity index (χ3n) is 2.48. The van der Waals surface area contributed by atoms with E-state index in [-0.39, 0.29) is 0 Å². The summed E-state index contributed by atoms with van der Waals surface area (Å²) in [6.07, 6.45) is 7.61. The molecule has 0 saturated carbocycles. The van der Waals surface area contributed by atoms with Crippen LogP contribution in [0.4, 0.5) is 0 Å². The Labute approximate surface area is 99.7 Å². The van der Waals surface area contributed by atoms with Gasteiger partial charge in [0.25, 0.3) is 0 Å². The summed E-state index contributed by atoms with van der Waals surface area (Å²) in [6, 6.07) is 0. The highest BCUT2D eigenvalue weighted by atomic mass is 14.5. The summed E-state index contributed by atoms with van der Waals surface area (Å²) in [7, 11) is 0. The highest BCUT2D eigenvalue weighted by molar-refractivity contribution is 5.52. The van der Waals surface area contributed by atoms with Gasteiger partial charge in [-0.05, 0) is 69.2 Å². The van der Waals surface area contributed by atoms with Crippen molar-refractivity contribution in [2.75, 3.05) is 0 Å². The van der Waals surface area contributed by atoms with Crippen molar-refractivity contribution in [3.05, 3.63) is 58.9 Å². The third kappa shape index (κ3) is 4.35. The van der Waals surface area contributed by atoms with E-state index in [4.69, 9.17) is 5.73 Å². The fourth-order valence-corrected chi connectivity index (χ4v) is 1.47. The zero-order valence-corrected chi connectivity index (χ0v) is 11.1. The number of rotatable bonds is 4. The van der Waals surface area contributed by atoms with Crippen LogP contribution >= 0.6 is 0 Å². The molecule has 1 heteroatoms. The minimum Gasteiger partial charge on any atom is -0.405 e. The maximum atomic E-state index is 5.41. The minimum absolute atomic E-state index is 1.03. The summed E-state index contributed by atoms with van der Waals surface area (Å²) in [5.41, 5.74) is 11.2. The largest absolute Gasteiger partial charge is 0.405 e. The van der Waals surface area contributed by atoms with Gasteiger partial charge in [-0.2, -0.15) is 0 Å². The molecule has 0 aliphatic heterocycles. The lowest BCUT2D eigenvalue weighted by Crippen LogP contribution is -1.92. The lowest BCUT2D eigenvalue weighted by atomic mass is 9.96. The summed E-state index contributed by atoms with van der Waals surface area (Å²) in [4.78, 5) is 0. The Morgan fingerprint density at radius 3 is 2.06 bits per heavy atom. The molecule has 0 aromatic heterocycles. The van der Waals surface area contributed by atoms with Crippen molar-refractivity contribution in [1.29, 1.82) is 0 Å². The van der Waals surface area contributed by atoms with E-state index in [0.29, 0.717) is 0 Å². The fourth-order valence-electron chi connectivity index (χ4n) is 1.47. The van der Waals surface area contributed by atoms with Crippen LogP contribution in [0.25, 0.3) is 0 Å². The lowest BCUT2D eigenvalue weighted by Gasteiger charge is -2.10. The standard InChI is InChI=1S/C15H23N/c1-7-15(8-9-16)14(6)13(5)12(4)10-11(2)3/h7-10H,6,16H2,1-5H3/b9-8-,13-12-,15-7+. The maximum Gasteiger partial charge on any atom is -0.00563 e. The number of hydrogen-bond acceptors (Lipinski definition) is 1. The van der Waals surface area contributed by atoms with Gasteiger partial charge in [-0.1, -0.05) is 24.3 Å². The van der Waals surface area contributed by atoms with Crippen molar-refractivity contribution in [3.8, 4) is 0 Å². The van der Waals surface area contributed by atoms with Crippen LogP contribution in [0, 0.1) is 0 Å². The van der Waals surface area contributed by atoms with Gasteiger partial charge in [-0.15, -0.1) is 0 Å². The van der Waals surface area contributed by atoms with E-state index in [1.165, 1.54) is 16.7 Å². The van der Waals surface area contributed by atoms with Crippen molar-refractivity contribution >= 4 is 0 Å². The maximum absolute atomic E-state index is 5.41. The molecule has 0 bridgehead atoms. The highest BCUT2D eigenvalue weighted by Gasteiger charge is 2.03. The van der Waals surface area contributed by atoms with E-state index in [1.54, 1.807) is 6.20 Å². The fraction of sp³-hybridized carbons (Fsp3) is 0.333. The Hall–Kier alpha value is -1.50. The Kier molecular flexibility index (Phi) is 6.24. The number of nitrogens with two attached hydrogens (primary N) is 1. The lowest BCUT2D eigenvalue weighted by molar-refractivity contribution is 1.27. The molecule has 0 radical (unpaired) electrons. The molecule has 0 aromatic carbocycles. The van der Waals surface area contributed by atoms with E-state index in [2.05, 4.69) is 40.3 Å². The van der Waals surface area contributed by atoms with E-state index in [1.807, 2.05) is 19.1 Å². The second-order valence-electron chi connectivity index (χ2n) is 4.11. The predicted octanol–water partition coefficient (Wildman–Crippen LogP) is 4.26. The van der Waals surface area contributed by atoms with Gasteiger partial charge in [0.05, 0.1) is 0 Å². The summed E-state index contributed by atoms with van der Waals surface area (Å²) in [5, 5.41) is 0. The van der Waals surface area contributed by atoms with Crippen LogP contribution in [-0.2, 0) is 0 Å². The molecule has 0 atom stereocenters. The van der Waals surface area contributed by atoms with Gasteiger partial charge in [0.15, 0.2) is 0 Å². The van der Waals surface area contributed by atoms with Gasteiger partial charge in [-0.3, -0.25) is 0 Å². The smallest absolute Gasteiger partial charge is 0.00563 e. The van der Waals surface area contributed by atoms with Gasteiger partial charge in [0.1, 0.15) is 0 Å². The Balaban J connectivity index is 5.21. The Morgan fingerprint density at radius 2 is 1.69 bits per heavy atom. The van der Waals surface area contributed by atoms with E-state index < -0.39 is 0 Å². The highest BCUT2D eigenvalue weighted by Crippen LogP contribution is 2.22. The molecular weight excluding hydrogens is 194 g/mol. The van der Waals surface area contributed by atoms with Crippen LogP contribution in [0.5, 0.6) is 0 Å². The van der Waals surface area contributed by atoms with Crippen LogP contribution in [0.15, 0.2) is 58.9 Å².